The van der Waals surface area contributed by atoms with E-state index >= 15 is 0 Å². The lowest BCUT2D eigenvalue weighted by molar-refractivity contribution is -0.107. The van der Waals surface area contributed by atoms with Crippen LogP contribution in [0, 0.1) is 0 Å². The first-order valence-electron chi connectivity index (χ1n) is 16.2. The molecule has 0 heterocycles. The average Bonchev–Trinajstić information content (AvgIpc) is 2.89. The molecule has 0 aromatic rings. The van der Waals surface area contributed by atoms with Crippen LogP contribution >= 0.6 is 0 Å². The minimum absolute atomic E-state index is 0.349. The van der Waals surface area contributed by atoms with Crippen molar-refractivity contribution in [3.8, 4) is 0 Å². The predicted octanol–water partition coefficient (Wildman–Crippen LogP) is 10.6. The Morgan fingerprint density at radius 1 is 0.711 bits per heavy atom. The van der Waals surface area contributed by atoms with E-state index in [-0.39, 0.29) is 6.09 Å². The van der Waals surface area contributed by atoms with Crippen molar-refractivity contribution >= 4 is 12.4 Å². The first kappa shape index (κ1) is 41.4. The summed E-state index contributed by atoms with van der Waals surface area (Å²) >= 11 is 0. The number of carbonyl (C=O) groups is 2. The molecule has 0 atom stereocenters. The number of nitrogens with one attached hydrogen (secondary N) is 1. The summed E-state index contributed by atoms with van der Waals surface area (Å²) in [5.41, 5.74) is -0.432. The Balaban J connectivity index is -0.000000608. The summed E-state index contributed by atoms with van der Waals surface area (Å²) in [6.45, 7) is 14.8. The predicted molar refractivity (Wildman–Crippen MR) is 166 cm³/mol. The van der Waals surface area contributed by atoms with Crippen LogP contribution in [-0.4, -0.2) is 37.7 Å². The number of carbonyl (C=O) groups excluding carboxylic acids is 2. The van der Waals surface area contributed by atoms with Crippen molar-refractivity contribution in [1.29, 1.82) is 0 Å². The highest BCUT2D eigenvalue weighted by atomic mass is 16.6. The highest BCUT2D eigenvalue weighted by Crippen LogP contribution is 2.16. The molecule has 0 aliphatic heterocycles. The minimum Gasteiger partial charge on any atom is -0.444 e. The van der Waals surface area contributed by atoms with Gasteiger partial charge >= 0.3 is 6.09 Å². The van der Waals surface area contributed by atoms with Crippen LogP contribution in [0.1, 0.15) is 177 Å². The van der Waals surface area contributed by atoms with Gasteiger partial charge in [-0.2, -0.15) is 0 Å². The summed E-state index contributed by atoms with van der Waals surface area (Å²) in [6.07, 6.45) is 26.3. The summed E-state index contributed by atoms with van der Waals surface area (Å²) in [5, 5.41) is 2.72. The molecule has 0 saturated heterocycles. The molecule has 1 N–H and O–H groups in total. The molecule has 38 heavy (non-hydrogen) atoms. The van der Waals surface area contributed by atoms with Gasteiger partial charge in [0, 0.05) is 20.1 Å². The lowest BCUT2D eigenvalue weighted by atomic mass is 10.0. The Kier molecular flexibility index (Phi) is 36.9. The molecular weight excluding hydrogens is 474 g/mol. The molecule has 0 aromatic heterocycles. The SMILES string of the molecule is CC.CC(C)(C)OC(=O)NCCCCCCCC=O.CCCCCCCCC(CCCCCCCC)OC. The third-order valence-corrected chi connectivity index (χ3v) is 6.26. The van der Waals surface area contributed by atoms with Gasteiger partial charge in [0.15, 0.2) is 0 Å². The van der Waals surface area contributed by atoms with Gasteiger partial charge in [-0.15, -0.1) is 0 Å². The molecule has 1 amide bonds. The van der Waals surface area contributed by atoms with Gasteiger partial charge in [0.05, 0.1) is 6.10 Å². The fourth-order valence-corrected chi connectivity index (χ4v) is 4.07. The van der Waals surface area contributed by atoms with Gasteiger partial charge in [0.1, 0.15) is 11.9 Å². The molecule has 0 radical (unpaired) electrons. The van der Waals surface area contributed by atoms with E-state index in [4.69, 9.17) is 9.47 Å². The van der Waals surface area contributed by atoms with Crippen LogP contribution < -0.4 is 5.32 Å². The van der Waals surface area contributed by atoms with Gasteiger partial charge in [-0.3, -0.25) is 0 Å². The van der Waals surface area contributed by atoms with E-state index in [1.54, 1.807) is 0 Å². The quantitative estimate of drug-likeness (QED) is 0.103. The van der Waals surface area contributed by atoms with Crippen LogP contribution in [-0.2, 0) is 14.3 Å². The van der Waals surface area contributed by atoms with Gasteiger partial charge in [-0.25, -0.2) is 4.79 Å². The van der Waals surface area contributed by atoms with E-state index in [0.717, 1.165) is 38.4 Å². The Morgan fingerprint density at radius 3 is 1.55 bits per heavy atom. The number of unbranched alkanes of at least 4 members (excludes halogenated alkanes) is 15. The van der Waals surface area contributed by atoms with Crippen molar-refractivity contribution in [3.05, 3.63) is 0 Å². The zero-order valence-corrected chi connectivity index (χ0v) is 27.1. The Bertz CT molecular complexity index is 446. The zero-order chi connectivity index (χ0) is 29.3. The fourth-order valence-electron chi connectivity index (χ4n) is 4.07. The van der Waals surface area contributed by atoms with Crippen molar-refractivity contribution in [1.82, 2.24) is 5.32 Å². The van der Waals surface area contributed by atoms with Crippen molar-refractivity contribution in [2.24, 2.45) is 0 Å². The molecule has 5 heteroatoms. The molecule has 230 valence electrons. The molecule has 0 aliphatic rings. The van der Waals surface area contributed by atoms with Crippen LogP contribution in [0.2, 0.25) is 0 Å². The number of rotatable bonds is 23. The summed E-state index contributed by atoms with van der Waals surface area (Å²) in [5.74, 6) is 0. The molecule has 0 saturated carbocycles. The van der Waals surface area contributed by atoms with E-state index in [0.29, 0.717) is 19.1 Å². The smallest absolute Gasteiger partial charge is 0.407 e. The van der Waals surface area contributed by atoms with E-state index in [1.165, 1.54) is 89.9 Å². The number of amides is 1. The highest BCUT2D eigenvalue weighted by Gasteiger charge is 2.15. The van der Waals surface area contributed by atoms with Gasteiger partial charge in [-0.05, 0) is 46.5 Å². The Labute approximate surface area is 239 Å². The largest absolute Gasteiger partial charge is 0.444 e. The lowest BCUT2D eigenvalue weighted by Gasteiger charge is -2.19. The lowest BCUT2D eigenvalue weighted by Crippen LogP contribution is -2.32. The third kappa shape index (κ3) is 39.4. The zero-order valence-electron chi connectivity index (χ0n) is 27.1. The summed E-state index contributed by atoms with van der Waals surface area (Å²) in [6, 6.07) is 0. The van der Waals surface area contributed by atoms with Crippen LogP contribution in [0.25, 0.3) is 0 Å². The van der Waals surface area contributed by atoms with E-state index in [9.17, 15) is 9.59 Å². The number of alkyl carbamates (subject to hydrolysis) is 1. The number of hydrogen-bond acceptors (Lipinski definition) is 4. The fraction of sp³-hybridized carbons (Fsp3) is 0.939. The van der Waals surface area contributed by atoms with Crippen molar-refractivity contribution in [2.75, 3.05) is 13.7 Å². The van der Waals surface area contributed by atoms with Gasteiger partial charge in [-0.1, -0.05) is 124 Å². The van der Waals surface area contributed by atoms with Crippen LogP contribution in [0.3, 0.4) is 0 Å². The normalized spacial score (nSPS) is 10.8. The number of aldehydes is 1. The number of hydrogen-bond donors (Lipinski definition) is 1. The van der Waals surface area contributed by atoms with Crippen LogP contribution in [0.15, 0.2) is 0 Å². The van der Waals surface area contributed by atoms with Crippen molar-refractivity contribution < 1.29 is 19.1 Å². The van der Waals surface area contributed by atoms with Crippen LogP contribution in [0.4, 0.5) is 4.79 Å². The molecule has 0 spiro atoms. The standard InChI is InChI=1S/C18H38O.C13H25NO3.C2H6/c1-4-6-8-10-12-14-16-18(19-3)17-15-13-11-9-7-5-2;1-13(2,3)17-12(16)14-10-8-6-4-5-7-9-11-15;1-2/h18H,4-17H2,1-3H3;11H,4-10H2,1-3H3,(H,14,16);1-2H3. The summed E-state index contributed by atoms with van der Waals surface area (Å²) < 4.78 is 10.7. The molecule has 0 fully saturated rings. The average molecular weight is 544 g/mol. The van der Waals surface area contributed by atoms with Gasteiger partial charge in [0.25, 0.3) is 0 Å². The first-order valence-corrected chi connectivity index (χ1v) is 16.2. The number of ether oxygens (including phenoxy) is 2. The minimum atomic E-state index is -0.432. The maximum absolute atomic E-state index is 11.3. The Hall–Kier alpha value is -1.10. The van der Waals surface area contributed by atoms with Crippen molar-refractivity contribution in [3.63, 3.8) is 0 Å². The molecule has 5 nitrogen and oxygen atoms in total. The topological polar surface area (TPSA) is 64.6 Å². The van der Waals surface area contributed by atoms with E-state index in [2.05, 4.69) is 19.2 Å². The summed E-state index contributed by atoms with van der Waals surface area (Å²) in [7, 11) is 1.89. The highest BCUT2D eigenvalue weighted by molar-refractivity contribution is 5.67. The first-order chi connectivity index (χ1) is 18.3. The second kappa shape index (κ2) is 33.9. The second-order valence-electron chi connectivity index (χ2n) is 11.1. The maximum Gasteiger partial charge on any atom is 0.407 e. The maximum atomic E-state index is 11.3. The Morgan fingerprint density at radius 2 is 1.13 bits per heavy atom. The number of methoxy groups -OCH3 is 1. The molecule has 0 rings (SSSR count). The molecule has 0 aliphatic carbocycles. The second-order valence-corrected chi connectivity index (χ2v) is 11.1. The molecular formula is C33H69NO4. The monoisotopic (exact) mass is 544 g/mol. The summed E-state index contributed by atoms with van der Waals surface area (Å²) in [4.78, 5) is 21.3. The van der Waals surface area contributed by atoms with Gasteiger partial charge < -0.3 is 19.6 Å². The van der Waals surface area contributed by atoms with E-state index < -0.39 is 5.60 Å². The molecule has 0 unspecified atom stereocenters. The third-order valence-electron chi connectivity index (χ3n) is 6.26. The molecule has 0 bridgehead atoms. The van der Waals surface area contributed by atoms with Crippen LogP contribution in [0.5, 0.6) is 0 Å². The molecule has 0 aromatic carbocycles. The van der Waals surface area contributed by atoms with Crippen molar-refractivity contribution in [2.45, 2.75) is 189 Å². The van der Waals surface area contributed by atoms with E-state index in [1.807, 2.05) is 41.7 Å². The van der Waals surface area contributed by atoms with Gasteiger partial charge in [0.2, 0.25) is 0 Å².